The van der Waals surface area contributed by atoms with Crippen LogP contribution in [0.3, 0.4) is 0 Å². The van der Waals surface area contributed by atoms with Crippen LogP contribution in [-0.4, -0.2) is 38.5 Å². The first-order chi connectivity index (χ1) is 9.81. The molecular formula is C13H14ClFN2O3S. The minimum atomic E-state index is -3.87. The first kappa shape index (κ1) is 16.2. The summed E-state index contributed by atoms with van der Waals surface area (Å²) < 4.78 is 44.7. The number of halogens is 2. The van der Waals surface area contributed by atoms with Crippen molar-refractivity contribution in [1.82, 2.24) is 4.31 Å². The number of hydrogen-bond acceptors (Lipinski definition) is 4. The van der Waals surface area contributed by atoms with Crippen LogP contribution < -0.4 is 0 Å². The summed E-state index contributed by atoms with van der Waals surface area (Å²) in [6, 6.07) is 5.73. The van der Waals surface area contributed by atoms with Crippen molar-refractivity contribution in [1.29, 1.82) is 5.26 Å². The monoisotopic (exact) mass is 332 g/mol. The molecule has 0 N–H and O–H groups in total. The highest BCUT2D eigenvalue weighted by Gasteiger charge is 2.44. The van der Waals surface area contributed by atoms with Gasteiger partial charge < -0.3 is 4.74 Å². The van der Waals surface area contributed by atoms with E-state index in [1.54, 1.807) is 0 Å². The second-order valence-corrected chi connectivity index (χ2v) is 7.34. The molecule has 1 aromatic rings. The second kappa shape index (κ2) is 5.89. The van der Waals surface area contributed by atoms with Crippen LogP contribution in [0.5, 0.6) is 0 Å². The molecule has 0 bridgehead atoms. The minimum Gasteiger partial charge on any atom is -0.378 e. The first-order valence-electron chi connectivity index (χ1n) is 6.20. The van der Waals surface area contributed by atoms with E-state index in [2.05, 4.69) is 0 Å². The molecular weight excluding hydrogens is 319 g/mol. The van der Waals surface area contributed by atoms with E-state index in [0.29, 0.717) is 6.61 Å². The number of hydrogen-bond donors (Lipinski definition) is 0. The number of nitrogens with zero attached hydrogens (tertiary/aromatic N) is 2. The molecule has 0 radical (unpaired) electrons. The van der Waals surface area contributed by atoms with Crippen LogP contribution >= 0.6 is 11.6 Å². The molecule has 2 rings (SSSR count). The lowest BCUT2D eigenvalue weighted by Gasteiger charge is -2.30. The third-order valence-electron chi connectivity index (χ3n) is 3.57. The van der Waals surface area contributed by atoms with Gasteiger partial charge in [-0.1, -0.05) is 11.6 Å². The predicted octanol–water partition coefficient (Wildman–Crippen LogP) is 1.92. The second-order valence-electron chi connectivity index (χ2n) is 4.91. The van der Waals surface area contributed by atoms with Crippen LogP contribution in [-0.2, 0) is 20.5 Å². The number of likely N-dealkylation sites (N-methyl/N-ethyl adjacent to an activating group) is 1. The Morgan fingerprint density at radius 1 is 1.57 bits per heavy atom. The highest BCUT2D eigenvalue weighted by Crippen LogP contribution is 2.29. The first-order valence-corrected chi connectivity index (χ1v) is 8.19. The van der Waals surface area contributed by atoms with E-state index >= 15 is 0 Å². The summed E-state index contributed by atoms with van der Waals surface area (Å²) in [5.74, 6) is -1.20. The van der Waals surface area contributed by atoms with Crippen LogP contribution in [0.15, 0.2) is 18.2 Å². The highest BCUT2D eigenvalue weighted by atomic mass is 35.5. The SMILES string of the molecule is CN(C1(C#N)CCOC1)S(=O)(=O)Cc1cc(Cl)ccc1F. The van der Waals surface area contributed by atoms with E-state index in [9.17, 15) is 18.1 Å². The van der Waals surface area contributed by atoms with Gasteiger partial charge in [0, 0.05) is 30.7 Å². The van der Waals surface area contributed by atoms with Crippen molar-refractivity contribution in [3.8, 4) is 6.07 Å². The molecule has 0 spiro atoms. The number of rotatable bonds is 4. The van der Waals surface area contributed by atoms with Gasteiger partial charge in [0.2, 0.25) is 10.0 Å². The lowest BCUT2D eigenvalue weighted by molar-refractivity contribution is 0.162. The molecule has 1 aliphatic heterocycles. The molecule has 1 heterocycles. The van der Waals surface area contributed by atoms with Crippen molar-refractivity contribution in [3.05, 3.63) is 34.6 Å². The smallest absolute Gasteiger partial charge is 0.219 e. The van der Waals surface area contributed by atoms with Crippen molar-refractivity contribution < 1.29 is 17.5 Å². The van der Waals surface area contributed by atoms with Crippen LogP contribution in [0.4, 0.5) is 4.39 Å². The Morgan fingerprint density at radius 2 is 2.29 bits per heavy atom. The summed E-state index contributed by atoms with van der Waals surface area (Å²) in [6.45, 7) is 0.330. The van der Waals surface area contributed by atoms with Crippen LogP contribution in [0.1, 0.15) is 12.0 Å². The lowest BCUT2D eigenvalue weighted by Crippen LogP contribution is -2.49. The van der Waals surface area contributed by atoms with E-state index in [0.717, 1.165) is 10.4 Å². The Bertz CT molecular complexity index is 681. The molecule has 0 aromatic heterocycles. The lowest BCUT2D eigenvalue weighted by atomic mass is 10.0. The Labute approximate surface area is 127 Å². The molecule has 1 fully saturated rings. The van der Waals surface area contributed by atoms with Gasteiger partial charge in [-0.05, 0) is 18.2 Å². The van der Waals surface area contributed by atoms with Crippen molar-refractivity contribution >= 4 is 21.6 Å². The van der Waals surface area contributed by atoms with Gasteiger partial charge >= 0.3 is 0 Å². The standard InChI is InChI=1S/C13H14ClFN2O3S/c1-17(13(8-16)4-5-20-9-13)21(18,19)7-10-6-11(14)2-3-12(10)15/h2-3,6H,4-5,7,9H2,1H3. The fraction of sp³-hybridized carbons (Fsp3) is 0.462. The summed E-state index contributed by atoms with van der Waals surface area (Å²) in [7, 11) is -2.56. The maximum absolute atomic E-state index is 13.7. The number of nitriles is 1. The molecule has 1 aliphatic rings. The Kier molecular flexibility index (Phi) is 4.54. The number of benzene rings is 1. The van der Waals surface area contributed by atoms with Crippen molar-refractivity contribution in [2.75, 3.05) is 20.3 Å². The highest BCUT2D eigenvalue weighted by molar-refractivity contribution is 7.88. The van der Waals surface area contributed by atoms with Gasteiger partial charge in [0.1, 0.15) is 11.4 Å². The molecule has 0 amide bonds. The zero-order valence-corrected chi connectivity index (χ0v) is 12.9. The molecule has 1 saturated heterocycles. The maximum Gasteiger partial charge on any atom is 0.219 e. The number of ether oxygens (including phenoxy) is 1. The summed E-state index contributed by atoms with van der Waals surface area (Å²) in [5, 5.41) is 9.54. The van der Waals surface area contributed by atoms with Gasteiger partial charge in [-0.3, -0.25) is 0 Å². The molecule has 21 heavy (non-hydrogen) atoms. The topological polar surface area (TPSA) is 70.4 Å². The van der Waals surface area contributed by atoms with Crippen LogP contribution in [0.2, 0.25) is 5.02 Å². The average Bonchev–Trinajstić information content (AvgIpc) is 2.91. The molecule has 1 aromatic carbocycles. The molecule has 1 atom stereocenters. The number of sulfonamides is 1. The minimum absolute atomic E-state index is 0.0112. The summed E-state index contributed by atoms with van der Waals surface area (Å²) in [4.78, 5) is 0. The van der Waals surface area contributed by atoms with E-state index in [4.69, 9.17) is 16.3 Å². The van der Waals surface area contributed by atoms with Gasteiger partial charge in [0.15, 0.2) is 0 Å². The Balaban J connectivity index is 2.30. The molecule has 1 unspecified atom stereocenters. The normalized spacial score (nSPS) is 22.4. The van der Waals surface area contributed by atoms with E-state index in [1.807, 2.05) is 6.07 Å². The molecule has 114 valence electrons. The zero-order valence-electron chi connectivity index (χ0n) is 11.3. The van der Waals surface area contributed by atoms with Crippen LogP contribution in [0, 0.1) is 17.1 Å². The van der Waals surface area contributed by atoms with Crippen molar-refractivity contribution in [3.63, 3.8) is 0 Å². The summed E-state index contributed by atoms with van der Waals surface area (Å²) in [6.07, 6.45) is 0.289. The fourth-order valence-electron chi connectivity index (χ4n) is 2.17. The average molecular weight is 333 g/mol. The largest absolute Gasteiger partial charge is 0.378 e. The molecule has 0 saturated carbocycles. The van der Waals surface area contributed by atoms with Gasteiger partial charge in [0.05, 0.1) is 18.4 Å². The third-order valence-corrected chi connectivity index (χ3v) is 5.67. The quantitative estimate of drug-likeness (QED) is 0.844. The zero-order chi connectivity index (χ0) is 15.7. The van der Waals surface area contributed by atoms with Crippen molar-refractivity contribution in [2.24, 2.45) is 0 Å². The van der Waals surface area contributed by atoms with E-state index in [1.165, 1.54) is 19.2 Å². The van der Waals surface area contributed by atoms with Crippen LogP contribution in [0.25, 0.3) is 0 Å². The molecule has 5 nitrogen and oxygen atoms in total. The maximum atomic E-state index is 13.7. The third kappa shape index (κ3) is 3.19. The van der Waals surface area contributed by atoms with E-state index < -0.39 is 27.1 Å². The van der Waals surface area contributed by atoms with Crippen molar-refractivity contribution in [2.45, 2.75) is 17.7 Å². The van der Waals surface area contributed by atoms with Gasteiger partial charge in [0.25, 0.3) is 0 Å². The van der Waals surface area contributed by atoms with Gasteiger partial charge in [-0.15, -0.1) is 0 Å². The molecule has 8 heteroatoms. The van der Waals surface area contributed by atoms with Gasteiger partial charge in [-0.2, -0.15) is 9.57 Å². The summed E-state index contributed by atoms with van der Waals surface area (Å²) >= 11 is 5.76. The summed E-state index contributed by atoms with van der Waals surface area (Å²) in [5.41, 5.74) is -1.25. The predicted molar refractivity (Wildman–Crippen MR) is 75.6 cm³/mol. The van der Waals surface area contributed by atoms with Gasteiger partial charge in [-0.25, -0.2) is 12.8 Å². The Hall–Kier alpha value is -1.20. The fourth-order valence-corrected chi connectivity index (χ4v) is 3.89. The molecule has 0 aliphatic carbocycles. The van der Waals surface area contributed by atoms with E-state index in [-0.39, 0.29) is 23.6 Å². The Morgan fingerprint density at radius 3 is 2.86 bits per heavy atom.